The van der Waals surface area contributed by atoms with Crippen LogP contribution in [0.15, 0.2) is 34.5 Å². The van der Waals surface area contributed by atoms with E-state index in [2.05, 4.69) is 32.3 Å². The zero-order chi connectivity index (χ0) is 27.9. The van der Waals surface area contributed by atoms with Crippen molar-refractivity contribution in [3.63, 3.8) is 0 Å². The van der Waals surface area contributed by atoms with Gasteiger partial charge in [-0.2, -0.15) is 0 Å². The third kappa shape index (κ3) is 4.03. The molecule has 3 atom stereocenters. The average molecular weight is 639 g/mol. The predicted molar refractivity (Wildman–Crippen MR) is 140 cm³/mol. The number of halogens is 1. The van der Waals surface area contributed by atoms with Crippen LogP contribution in [0.1, 0.15) is 24.8 Å². The van der Waals surface area contributed by atoms with Crippen molar-refractivity contribution in [3.05, 3.63) is 38.6 Å². The van der Waals surface area contributed by atoms with E-state index in [4.69, 9.17) is 14.2 Å². The van der Waals surface area contributed by atoms with Crippen LogP contribution in [0.3, 0.4) is 0 Å². The van der Waals surface area contributed by atoms with Crippen LogP contribution in [0.25, 0.3) is 0 Å². The Morgan fingerprint density at radius 3 is 2.29 bits per heavy atom. The molecule has 0 N–H and O–H groups in total. The largest absolute Gasteiger partial charge is 0.469 e. The minimum absolute atomic E-state index is 0.0134. The van der Waals surface area contributed by atoms with E-state index < -0.39 is 47.3 Å². The van der Waals surface area contributed by atoms with Crippen molar-refractivity contribution in [3.8, 4) is 0 Å². The van der Waals surface area contributed by atoms with Gasteiger partial charge < -0.3 is 23.8 Å². The number of likely N-dealkylation sites (tertiary alicyclic amines) is 1. The summed E-state index contributed by atoms with van der Waals surface area (Å²) in [6, 6.07) is 3.64. The number of esters is 4. The van der Waals surface area contributed by atoms with E-state index in [0.717, 1.165) is 21.9 Å². The SMILES string of the molecule is COC(=O)CCC(=O)N1C2=NC(C(=O)OC)=C(C(=O)OC)C3N(C)c4ccc(I)cc4[C@]23C[C@H]1C(=O)OC. The van der Waals surface area contributed by atoms with Gasteiger partial charge in [0.15, 0.2) is 5.70 Å². The molecule has 4 rings (SSSR count). The maximum atomic E-state index is 13.6. The van der Waals surface area contributed by atoms with E-state index in [1.54, 1.807) is 7.05 Å². The number of benzene rings is 1. The van der Waals surface area contributed by atoms with Crippen LogP contribution in [-0.2, 0) is 48.3 Å². The zero-order valence-corrected chi connectivity index (χ0v) is 23.6. The van der Waals surface area contributed by atoms with E-state index in [1.165, 1.54) is 26.2 Å². The molecular formula is C25H26IN3O9. The molecule has 0 aliphatic carbocycles. The number of amides is 1. The van der Waals surface area contributed by atoms with Gasteiger partial charge in [-0.15, -0.1) is 0 Å². The van der Waals surface area contributed by atoms with Gasteiger partial charge in [-0.3, -0.25) is 14.5 Å². The fourth-order valence-corrected chi connectivity index (χ4v) is 6.10. The van der Waals surface area contributed by atoms with Crippen LogP contribution in [-0.4, -0.2) is 88.1 Å². The minimum atomic E-state index is -1.20. The van der Waals surface area contributed by atoms with Crippen molar-refractivity contribution < 1.29 is 42.9 Å². The molecule has 0 radical (unpaired) electrons. The topological polar surface area (TPSA) is 141 Å². The number of likely N-dealkylation sites (N-methyl/N-ethyl adjacent to an activating group) is 1. The first-order valence-corrected chi connectivity index (χ1v) is 12.6. The molecule has 1 unspecified atom stereocenters. The Hall–Kier alpha value is -3.49. The predicted octanol–water partition coefficient (Wildman–Crippen LogP) is 1.09. The lowest BCUT2D eigenvalue weighted by Crippen LogP contribution is -2.55. The number of anilines is 1. The summed E-state index contributed by atoms with van der Waals surface area (Å²) in [5.41, 5.74) is -0.141. The molecule has 13 heteroatoms. The van der Waals surface area contributed by atoms with Crippen molar-refractivity contribution in [2.75, 3.05) is 40.4 Å². The van der Waals surface area contributed by atoms with E-state index >= 15 is 0 Å². The summed E-state index contributed by atoms with van der Waals surface area (Å²) in [6.45, 7) is 0. The highest BCUT2D eigenvalue weighted by Gasteiger charge is 2.67. The number of rotatable bonds is 6. The number of ether oxygens (including phenoxy) is 4. The molecule has 3 aliphatic rings. The van der Waals surface area contributed by atoms with Crippen LogP contribution in [0.2, 0.25) is 0 Å². The van der Waals surface area contributed by atoms with Crippen LogP contribution >= 0.6 is 22.6 Å². The first-order chi connectivity index (χ1) is 18.1. The summed E-state index contributed by atoms with van der Waals surface area (Å²) in [4.78, 5) is 72.1. The molecule has 1 saturated heterocycles. The average Bonchev–Trinajstić information content (AvgIpc) is 3.40. The van der Waals surface area contributed by atoms with Crippen LogP contribution in [0.5, 0.6) is 0 Å². The number of amidine groups is 1. The van der Waals surface area contributed by atoms with E-state index in [-0.39, 0.29) is 36.4 Å². The number of aliphatic imine (C=N–C) groups is 1. The molecule has 1 aromatic carbocycles. The number of hydrogen-bond donors (Lipinski definition) is 0. The maximum absolute atomic E-state index is 13.6. The van der Waals surface area contributed by atoms with Crippen molar-refractivity contribution in [1.82, 2.24) is 4.90 Å². The van der Waals surface area contributed by atoms with E-state index in [0.29, 0.717) is 0 Å². The second-order valence-corrected chi connectivity index (χ2v) is 10.2. The van der Waals surface area contributed by atoms with Gasteiger partial charge in [0.2, 0.25) is 5.91 Å². The van der Waals surface area contributed by atoms with Crippen LogP contribution in [0.4, 0.5) is 5.69 Å². The zero-order valence-electron chi connectivity index (χ0n) is 21.4. The summed E-state index contributed by atoms with van der Waals surface area (Å²) < 4.78 is 20.6. The highest BCUT2D eigenvalue weighted by atomic mass is 127. The van der Waals surface area contributed by atoms with Crippen molar-refractivity contribution >= 4 is 63.9 Å². The third-order valence-corrected chi connectivity index (χ3v) is 7.84. The fourth-order valence-electron chi connectivity index (χ4n) is 5.61. The Morgan fingerprint density at radius 1 is 1.00 bits per heavy atom. The van der Waals surface area contributed by atoms with Gasteiger partial charge in [-0.1, -0.05) is 0 Å². The summed E-state index contributed by atoms with van der Waals surface area (Å²) in [7, 11) is 6.50. The normalized spacial score (nSPS) is 23.2. The second-order valence-electron chi connectivity index (χ2n) is 8.91. The van der Waals surface area contributed by atoms with Crippen molar-refractivity contribution in [1.29, 1.82) is 0 Å². The fraction of sp³-hybridized carbons (Fsp3) is 0.440. The molecular weight excluding hydrogens is 613 g/mol. The monoisotopic (exact) mass is 639 g/mol. The number of hydrogen-bond acceptors (Lipinski definition) is 11. The number of methoxy groups -OCH3 is 4. The molecule has 12 nitrogen and oxygen atoms in total. The molecule has 1 aromatic rings. The van der Waals surface area contributed by atoms with E-state index in [1.807, 2.05) is 23.1 Å². The summed E-state index contributed by atoms with van der Waals surface area (Å²) in [6.07, 6.45) is -0.499. The lowest BCUT2D eigenvalue weighted by Gasteiger charge is -2.39. The van der Waals surface area contributed by atoms with Gasteiger partial charge >= 0.3 is 23.9 Å². The number of nitrogens with zero attached hydrogens (tertiary/aromatic N) is 3. The Morgan fingerprint density at radius 2 is 1.68 bits per heavy atom. The minimum Gasteiger partial charge on any atom is -0.469 e. The number of carbonyl (C=O) groups is 5. The summed E-state index contributed by atoms with van der Waals surface area (Å²) >= 11 is 2.15. The first kappa shape index (κ1) is 27.5. The lowest BCUT2D eigenvalue weighted by molar-refractivity contribution is -0.149. The van der Waals surface area contributed by atoms with Crippen LogP contribution < -0.4 is 4.90 Å². The lowest BCUT2D eigenvalue weighted by atomic mass is 9.69. The molecule has 3 aliphatic heterocycles. The standard InChI is InChI=1S/C25H26IN3O9/c1-28-14-7-6-12(26)10-13(14)25-11-15(21(32)36-3)29(16(30)8-9-17(31)35-2)24(25)27-19(23(34)38-5)18(20(25)28)22(33)37-4/h6-7,10,15,20H,8-9,11H2,1-5H3/t15-,20?,25-/m0/s1. The van der Waals surface area contributed by atoms with Gasteiger partial charge in [-0.05, 0) is 52.8 Å². The maximum Gasteiger partial charge on any atom is 0.357 e. The van der Waals surface area contributed by atoms with Gasteiger partial charge in [0.05, 0.1) is 51.9 Å². The first-order valence-electron chi connectivity index (χ1n) is 11.6. The highest BCUT2D eigenvalue weighted by Crippen LogP contribution is 2.57. The number of carbonyl (C=O) groups excluding carboxylic acids is 5. The number of fused-ring (bicyclic) bond motifs is 1. The molecule has 1 fully saturated rings. The summed E-state index contributed by atoms with van der Waals surface area (Å²) in [5.74, 6) is -3.51. The quantitative estimate of drug-likeness (QED) is 0.252. The van der Waals surface area contributed by atoms with Crippen molar-refractivity contribution in [2.45, 2.75) is 36.8 Å². The highest BCUT2D eigenvalue weighted by molar-refractivity contribution is 14.1. The molecule has 0 bridgehead atoms. The molecule has 3 heterocycles. The Labute approximate surface area is 232 Å². The van der Waals surface area contributed by atoms with Gasteiger partial charge in [0, 0.05) is 22.7 Å². The Balaban J connectivity index is 2.03. The molecule has 0 saturated carbocycles. The van der Waals surface area contributed by atoms with Gasteiger partial charge in [0.1, 0.15) is 11.9 Å². The second kappa shape index (κ2) is 10.3. The molecule has 38 heavy (non-hydrogen) atoms. The molecule has 202 valence electrons. The summed E-state index contributed by atoms with van der Waals surface area (Å²) in [5, 5.41) is 0. The van der Waals surface area contributed by atoms with Crippen molar-refractivity contribution in [2.24, 2.45) is 4.99 Å². The van der Waals surface area contributed by atoms with Gasteiger partial charge in [0.25, 0.3) is 0 Å². The van der Waals surface area contributed by atoms with Crippen LogP contribution in [0, 0.1) is 3.57 Å². The third-order valence-electron chi connectivity index (χ3n) is 7.17. The molecule has 1 amide bonds. The molecule has 1 spiro atoms. The Bertz CT molecular complexity index is 1310. The van der Waals surface area contributed by atoms with Gasteiger partial charge in [-0.25, -0.2) is 19.4 Å². The smallest absolute Gasteiger partial charge is 0.357 e. The van der Waals surface area contributed by atoms with E-state index in [9.17, 15) is 24.0 Å². The molecule has 0 aromatic heterocycles. The Kier molecular flexibility index (Phi) is 7.50.